The summed E-state index contributed by atoms with van der Waals surface area (Å²) >= 11 is 0. The Balaban J connectivity index is 1.91. The second-order valence-electron chi connectivity index (χ2n) is 7.67. The lowest BCUT2D eigenvalue weighted by Crippen LogP contribution is -2.45. The van der Waals surface area contributed by atoms with Crippen LogP contribution in [0.5, 0.6) is 5.75 Å². The molecule has 2 aromatic rings. The smallest absolute Gasteiger partial charge is 0.408 e. The maximum Gasteiger partial charge on any atom is 0.408 e. The fourth-order valence-electron chi connectivity index (χ4n) is 2.63. The summed E-state index contributed by atoms with van der Waals surface area (Å²) in [5, 5.41) is 2.56. The molecule has 2 aromatic carbocycles. The predicted molar refractivity (Wildman–Crippen MR) is 112 cm³/mol. The maximum atomic E-state index is 12.1. The highest BCUT2D eigenvalue weighted by Crippen LogP contribution is 2.16. The van der Waals surface area contributed by atoms with Crippen LogP contribution in [0.4, 0.5) is 4.79 Å². The molecule has 0 saturated carbocycles. The molecule has 0 bridgehead atoms. The molecule has 0 aliphatic heterocycles. The van der Waals surface area contributed by atoms with Gasteiger partial charge in [-0.25, -0.2) is 9.59 Å². The van der Waals surface area contributed by atoms with Gasteiger partial charge >= 0.3 is 12.1 Å². The van der Waals surface area contributed by atoms with E-state index in [1.807, 2.05) is 42.5 Å². The third-order valence-electron chi connectivity index (χ3n) is 3.94. The molecule has 0 saturated heterocycles. The van der Waals surface area contributed by atoms with E-state index in [0.717, 1.165) is 11.1 Å². The average Bonchev–Trinajstić information content (AvgIpc) is 2.70. The van der Waals surface area contributed by atoms with E-state index in [9.17, 15) is 9.59 Å². The summed E-state index contributed by atoms with van der Waals surface area (Å²) in [4.78, 5) is 24.2. The molecule has 0 fully saturated rings. The van der Waals surface area contributed by atoms with Crippen LogP contribution in [0.3, 0.4) is 0 Å². The summed E-state index contributed by atoms with van der Waals surface area (Å²) in [5.74, 6) is 0.0415. The Morgan fingerprint density at radius 2 is 1.70 bits per heavy atom. The number of methoxy groups -OCH3 is 1. The first-order chi connectivity index (χ1) is 14.3. The van der Waals surface area contributed by atoms with Crippen molar-refractivity contribution >= 4 is 12.1 Å². The number of hydrogen-bond acceptors (Lipinski definition) is 6. The van der Waals surface area contributed by atoms with Gasteiger partial charge in [-0.2, -0.15) is 0 Å². The van der Waals surface area contributed by atoms with Crippen molar-refractivity contribution in [3.63, 3.8) is 0 Å². The Kier molecular flexibility index (Phi) is 8.68. The first-order valence-corrected chi connectivity index (χ1v) is 9.67. The van der Waals surface area contributed by atoms with Crippen LogP contribution >= 0.6 is 0 Å². The van der Waals surface area contributed by atoms with Gasteiger partial charge in [-0.1, -0.05) is 42.5 Å². The van der Waals surface area contributed by atoms with Crippen molar-refractivity contribution in [2.75, 3.05) is 13.9 Å². The Hall–Kier alpha value is -3.06. The van der Waals surface area contributed by atoms with Gasteiger partial charge in [0.2, 0.25) is 0 Å². The van der Waals surface area contributed by atoms with E-state index >= 15 is 0 Å². The van der Waals surface area contributed by atoms with Crippen molar-refractivity contribution in [1.29, 1.82) is 0 Å². The minimum absolute atomic E-state index is 0.0922. The van der Waals surface area contributed by atoms with Crippen molar-refractivity contribution in [3.8, 4) is 5.75 Å². The molecule has 0 aliphatic carbocycles. The van der Waals surface area contributed by atoms with Gasteiger partial charge in [-0.3, -0.25) is 0 Å². The average molecular weight is 415 g/mol. The number of carbonyl (C=O) groups excluding carboxylic acids is 2. The lowest BCUT2D eigenvalue weighted by molar-refractivity contribution is -0.143. The Labute approximate surface area is 177 Å². The highest BCUT2D eigenvalue weighted by molar-refractivity contribution is 5.81. The lowest BCUT2D eigenvalue weighted by Gasteiger charge is -2.22. The van der Waals surface area contributed by atoms with E-state index in [1.54, 1.807) is 32.9 Å². The number of hydrogen-bond donors (Lipinski definition) is 1. The molecule has 7 nitrogen and oxygen atoms in total. The molecule has 1 atom stereocenters. The topological polar surface area (TPSA) is 83.1 Å². The van der Waals surface area contributed by atoms with Gasteiger partial charge in [-0.05, 0) is 44.0 Å². The van der Waals surface area contributed by atoms with Crippen molar-refractivity contribution in [2.45, 2.75) is 45.4 Å². The molecule has 1 amide bonds. The number of ether oxygens (including phenoxy) is 4. The first-order valence-electron chi connectivity index (χ1n) is 9.67. The standard InChI is InChI=1S/C23H29NO6/c1-23(2,3)30-22(26)24-20(21(25)27-4)14-18-11-8-12-19(13-18)29-16-28-15-17-9-6-5-7-10-17/h5-13,20H,14-16H2,1-4H3,(H,24,26)/t20-/m0/s1. The molecule has 0 heterocycles. The monoisotopic (exact) mass is 415 g/mol. The van der Waals surface area contributed by atoms with E-state index in [0.29, 0.717) is 12.4 Å². The number of nitrogens with one attached hydrogen (secondary N) is 1. The van der Waals surface area contributed by atoms with Crippen LogP contribution in [0.25, 0.3) is 0 Å². The quantitative estimate of drug-likeness (QED) is 0.381. The lowest BCUT2D eigenvalue weighted by atomic mass is 10.1. The second-order valence-corrected chi connectivity index (χ2v) is 7.67. The Bertz CT molecular complexity index is 816. The molecule has 0 aliphatic rings. The molecule has 7 heteroatoms. The highest BCUT2D eigenvalue weighted by Gasteiger charge is 2.25. The van der Waals surface area contributed by atoms with Crippen LogP contribution in [-0.2, 0) is 32.0 Å². The van der Waals surface area contributed by atoms with Gasteiger partial charge in [0.15, 0.2) is 6.79 Å². The number of benzene rings is 2. The van der Waals surface area contributed by atoms with Gasteiger partial charge < -0.3 is 24.3 Å². The van der Waals surface area contributed by atoms with E-state index in [-0.39, 0.29) is 13.2 Å². The maximum absolute atomic E-state index is 12.1. The summed E-state index contributed by atoms with van der Waals surface area (Å²) in [6.07, 6.45) is -0.451. The van der Waals surface area contributed by atoms with E-state index < -0.39 is 23.7 Å². The fraction of sp³-hybridized carbons (Fsp3) is 0.391. The third-order valence-corrected chi connectivity index (χ3v) is 3.94. The molecular weight excluding hydrogens is 386 g/mol. The van der Waals surface area contributed by atoms with Gasteiger partial charge in [0, 0.05) is 6.42 Å². The zero-order valence-corrected chi connectivity index (χ0v) is 17.8. The normalized spacial score (nSPS) is 12.0. The van der Waals surface area contributed by atoms with Crippen LogP contribution in [0.2, 0.25) is 0 Å². The van der Waals surface area contributed by atoms with Crippen LogP contribution in [0.1, 0.15) is 31.9 Å². The minimum atomic E-state index is -0.880. The van der Waals surface area contributed by atoms with Crippen LogP contribution in [0.15, 0.2) is 54.6 Å². The first kappa shape index (κ1) is 23.2. The van der Waals surface area contributed by atoms with E-state index in [2.05, 4.69) is 5.32 Å². The van der Waals surface area contributed by atoms with Crippen molar-refractivity contribution in [1.82, 2.24) is 5.32 Å². The Morgan fingerprint density at radius 3 is 2.37 bits per heavy atom. The molecule has 162 valence electrons. The number of esters is 1. The van der Waals surface area contributed by atoms with E-state index in [1.165, 1.54) is 7.11 Å². The SMILES string of the molecule is COC(=O)[C@H](Cc1cccc(OCOCc2ccccc2)c1)NC(=O)OC(C)(C)C. The molecule has 0 aromatic heterocycles. The minimum Gasteiger partial charge on any atom is -0.468 e. The molecule has 0 spiro atoms. The van der Waals surface area contributed by atoms with Crippen molar-refractivity contribution in [2.24, 2.45) is 0 Å². The summed E-state index contributed by atoms with van der Waals surface area (Å²) in [5.41, 5.74) is 1.18. The summed E-state index contributed by atoms with van der Waals surface area (Å²) in [6, 6.07) is 16.2. The number of rotatable bonds is 9. The van der Waals surface area contributed by atoms with Crippen LogP contribution in [0, 0.1) is 0 Å². The number of alkyl carbamates (subject to hydrolysis) is 1. The Morgan fingerprint density at radius 1 is 1.00 bits per heavy atom. The van der Waals surface area contributed by atoms with Crippen molar-refractivity contribution in [3.05, 3.63) is 65.7 Å². The molecule has 2 rings (SSSR count). The number of amides is 1. The largest absolute Gasteiger partial charge is 0.468 e. The molecular formula is C23H29NO6. The van der Waals surface area contributed by atoms with E-state index in [4.69, 9.17) is 18.9 Å². The van der Waals surface area contributed by atoms with Gasteiger partial charge in [-0.15, -0.1) is 0 Å². The molecule has 30 heavy (non-hydrogen) atoms. The van der Waals surface area contributed by atoms with Gasteiger partial charge in [0.1, 0.15) is 17.4 Å². The highest BCUT2D eigenvalue weighted by atomic mass is 16.7. The summed E-state index contributed by atoms with van der Waals surface area (Å²) in [7, 11) is 1.27. The van der Waals surface area contributed by atoms with Crippen LogP contribution in [-0.4, -0.2) is 37.6 Å². The van der Waals surface area contributed by atoms with Crippen LogP contribution < -0.4 is 10.1 Å². The summed E-state index contributed by atoms with van der Waals surface area (Å²) in [6.45, 7) is 5.79. The predicted octanol–water partition coefficient (Wildman–Crippen LogP) is 3.85. The zero-order chi connectivity index (χ0) is 22.0. The van der Waals surface area contributed by atoms with Crippen molar-refractivity contribution < 1.29 is 28.5 Å². The molecule has 0 radical (unpaired) electrons. The summed E-state index contributed by atoms with van der Waals surface area (Å²) < 4.78 is 21.2. The fourth-order valence-corrected chi connectivity index (χ4v) is 2.63. The zero-order valence-electron chi connectivity index (χ0n) is 17.8. The third kappa shape index (κ3) is 8.53. The van der Waals surface area contributed by atoms with Gasteiger partial charge in [0.25, 0.3) is 0 Å². The number of carbonyl (C=O) groups is 2. The molecule has 1 N–H and O–H groups in total. The molecule has 0 unspecified atom stereocenters. The van der Waals surface area contributed by atoms with Gasteiger partial charge in [0.05, 0.1) is 13.7 Å². The second kappa shape index (κ2) is 11.2.